The normalized spacial score (nSPS) is 11.8. The van der Waals surface area contributed by atoms with E-state index in [1.165, 1.54) is 0 Å². The smallest absolute Gasteiger partial charge is 0.224 e. The maximum atomic E-state index is 11.9. The number of hydrogen-bond donors (Lipinski definition) is 2. The van der Waals surface area contributed by atoms with Crippen LogP contribution in [0.4, 0.5) is 5.69 Å². The Morgan fingerprint density at radius 2 is 2.05 bits per heavy atom. The number of nitrogens with one attached hydrogen (secondary N) is 1. The summed E-state index contributed by atoms with van der Waals surface area (Å²) in [5.74, 6) is 0.00915. The standard InChI is InChI=1S/C15H21N3O/c1-15(2,16)9-8-14(19)17-12-10-18(3)13-7-5-4-6-11(12)13/h4-7,10H,8-9,16H2,1-3H3,(H,17,19). The van der Waals surface area contributed by atoms with Crippen molar-refractivity contribution >= 4 is 22.5 Å². The maximum Gasteiger partial charge on any atom is 0.224 e. The van der Waals surface area contributed by atoms with E-state index in [9.17, 15) is 4.79 Å². The predicted molar refractivity (Wildman–Crippen MR) is 79.0 cm³/mol. The molecule has 0 aliphatic rings. The molecule has 0 aliphatic heterocycles. The fraction of sp³-hybridized carbons (Fsp3) is 0.400. The topological polar surface area (TPSA) is 60.0 Å². The van der Waals surface area contributed by atoms with Crippen LogP contribution >= 0.6 is 0 Å². The molecule has 1 amide bonds. The Morgan fingerprint density at radius 1 is 1.37 bits per heavy atom. The second kappa shape index (κ2) is 5.05. The van der Waals surface area contributed by atoms with Crippen LogP contribution in [0.2, 0.25) is 0 Å². The Balaban J connectivity index is 2.11. The third-order valence-electron chi connectivity index (χ3n) is 3.17. The van der Waals surface area contributed by atoms with Crippen LogP contribution in [0, 0.1) is 0 Å². The summed E-state index contributed by atoms with van der Waals surface area (Å²) in [6, 6.07) is 8.01. The molecule has 1 aromatic heterocycles. The molecule has 0 spiro atoms. The molecule has 4 nitrogen and oxygen atoms in total. The van der Waals surface area contributed by atoms with Crippen molar-refractivity contribution in [2.75, 3.05) is 5.32 Å². The van der Waals surface area contributed by atoms with Crippen molar-refractivity contribution in [2.24, 2.45) is 12.8 Å². The zero-order valence-electron chi connectivity index (χ0n) is 11.7. The Hall–Kier alpha value is -1.81. The first-order valence-corrected chi connectivity index (χ1v) is 6.49. The minimum atomic E-state index is -0.309. The molecule has 19 heavy (non-hydrogen) atoms. The van der Waals surface area contributed by atoms with Crippen LogP contribution < -0.4 is 11.1 Å². The second-order valence-electron chi connectivity index (χ2n) is 5.71. The van der Waals surface area contributed by atoms with Gasteiger partial charge in [-0.25, -0.2) is 0 Å². The number of aryl methyl sites for hydroxylation is 1. The van der Waals surface area contributed by atoms with Crippen LogP contribution in [0.25, 0.3) is 10.9 Å². The average molecular weight is 259 g/mol. The highest BCUT2D eigenvalue weighted by Crippen LogP contribution is 2.25. The number of para-hydroxylation sites is 1. The van der Waals surface area contributed by atoms with Gasteiger partial charge in [0.05, 0.1) is 5.69 Å². The van der Waals surface area contributed by atoms with Crippen molar-refractivity contribution in [2.45, 2.75) is 32.2 Å². The molecule has 0 saturated carbocycles. The molecule has 4 heteroatoms. The molecule has 0 aliphatic carbocycles. The van der Waals surface area contributed by atoms with Crippen LogP contribution in [0.5, 0.6) is 0 Å². The molecule has 2 rings (SSSR count). The number of aromatic nitrogens is 1. The zero-order valence-corrected chi connectivity index (χ0v) is 11.7. The molecule has 0 bridgehead atoms. The second-order valence-corrected chi connectivity index (χ2v) is 5.71. The highest BCUT2D eigenvalue weighted by molar-refractivity contribution is 6.01. The number of amides is 1. The van der Waals surface area contributed by atoms with Gasteiger partial charge in [-0.1, -0.05) is 18.2 Å². The number of rotatable bonds is 4. The van der Waals surface area contributed by atoms with Crippen molar-refractivity contribution in [1.82, 2.24) is 4.57 Å². The molecule has 3 N–H and O–H groups in total. The largest absolute Gasteiger partial charge is 0.348 e. The van der Waals surface area contributed by atoms with Crippen molar-refractivity contribution < 1.29 is 4.79 Å². The van der Waals surface area contributed by atoms with E-state index in [4.69, 9.17) is 5.73 Å². The summed E-state index contributed by atoms with van der Waals surface area (Å²) >= 11 is 0. The third-order valence-corrected chi connectivity index (χ3v) is 3.17. The van der Waals surface area contributed by atoms with Crippen LogP contribution in [0.15, 0.2) is 30.5 Å². The number of carbonyl (C=O) groups is 1. The number of benzene rings is 1. The van der Waals surface area contributed by atoms with E-state index < -0.39 is 0 Å². The molecule has 1 heterocycles. The van der Waals surface area contributed by atoms with Gasteiger partial charge in [-0.15, -0.1) is 0 Å². The summed E-state index contributed by atoms with van der Waals surface area (Å²) in [5.41, 5.74) is 7.55. The zero-order chi connectivity index (χ0) is 14.0. The van der Waals surface area contributed by atoms with Crippen molar-refractivity contribution in [3.8, 4) is 0 Å². The van der Waals surface area contributed by atoms with Crippen molar-refractivity contribution in [3.05, 3.63) is 30.5 Å². The minimum Gasteiger partial charge on any atom is -0.348 e. The number of nitrogens with two attached hydrogens (primary N) is 1. The van der Waals surface area contributed by atoms with E-state index in [0.717, 1.165) is 16.6 Å². The Bertz CT molecular complexity index is 593. The van der Waals surface area contributed by atoms with Gasteiger partial charge in [0.15, 0.2) is 0 Å². The quantitative estimate of drug-likeness (QED) is 0.886. The van der Waals surface area contributed by atoms with E-state index in [1.807, 2.05) is 55.9 Å². The molecule has 102 valence electrons. The highest BCUT2D eigenvalue weighted by atomic mass is 16.1. The molecular weight excluding hydrogens is 238 g/mol. The fourth-order valence-corrected chi connectivity index (χ4v) is 2.09. The summed E-state index contributed by atoms with van der Waals surface area (Å²) in [5, 5.41) is 4.02. The SMILES string of the molecule is Cn1cc(NC(=O)CCC(C)(C)N)c2ccccc21. The first-order chi connectivity index (χ1) is 8.87. The third kappa shape index (κ3) is 3.35. The van der Waals surface area contributed by atoms with Gasteiger partial charge in [-0.3, -0.25) is 4.79 Å². The monoisotopic (exact) mass is 259 g/mol. The molecule has 0 atom stereocenters. The van der Waals surface area contributed by atoms with E-state index in [2.05, 4.69) is 5.32 Å². The van der Waals surface area contributed by atoms with E-state index in [1.54, 1.807) is 0 Å². The van der Waals surface area contributed by atoms with Crippen LogP contribution in [-0.4, -0.2) is 16.0 Å². The van der Waals surface area contributed by atoms with Gasteiger partial charge in [-0.05, 0) is 26.3 Å². The number of anilines is 1. The molecule has 0 fully saturated rings. The van der Waals surface area contributed by atoms with Gasteiger partial charge < -0.3 is 15.6 Å². The van der Waals surface area contributed by atoms with Crippen LogP contribution in [0.1, 0.15) is 26.7 Å². The van der Waals surface area contributed by atoms with Crippen molar-refractivity contribution in [1.29, 1.82) is 0 Å². The fourth-order valence-electron chi connectivity index (χ4n) is 2.09. The number of nitrogens with zero attached hydrogens (tertiary/aromatic N) is 1. The van der Waals surface area contributed by atoms with E-state index in [-0.39, 0.29) is 11.4 Å². The van der Waals surface area contributed by atoms with E-state index in [0.29, 0.717) is 12.8 Å². The number of carbonyl (C=O) groups excluding carboxylic acids is 1. The first kappa shape index (κ1) is 13.6. The van der Waals surface area contributed by atoms with Crippen LogP contribution in [0.3, 0.4) is 0 Å². The lowest BCUT2D eigenvalue weighted by molar-refractivity contribution is -0.116. The first-order valence-electron chi connectivity index (χ1n) is 6.49. The summed E-state index contributed by atoms with van der Waals surface area (Å²) in [7, 11) is 1.97. The minimum absolute atomic E-state index is 0.00915. The molecule has 0 saturated heterocycles. The molecule has 1 aromatic carbocycles. The van der Waals surface area contributed by atoms with Gasteiger partial charge >= 0.3 is 0 Å². The average Bonchev–Trinajstić information content (AvgIpc) is 2.64. The number of hydrogen-bond acceptors (Lipinski definition) is 2. The van der Waals surface area contributed by atoms with Gasteiger partial charge in [0.2, 0.25) is 5.91 Å². The molecular formula is C15H21N3O. The molecule has 2 aromatic rings. The molecule has 0 radical (unpaired) electrons. The van der Waals surface area contributed by atoms with Gasteiger partial charge in [-0.2, -0.15) is 0 Å². The predicted octanol–water partition coefficient (Wildman–Crippen LogP) is 2.63. The maximum absolute atomic E-state index is 11.9. The lowest BCUT2D eigenvalue weighted by atomic mass is 10.00. The van der Waals surface area contributed by atoms with Gasteiger partial charge in [0.25, 0.3) is 0 Å². The van der Waals surface area contributed by atoms with Gasteiger partial charge in [0, 0.05) is 36.1 Å². The van der Waals surface area contributed by atoms with Crippen molar-refractivity contribution in [3.63, 3.8) is 0 Å². The Labute approximate surface area is 113 Å². The lowest BCUT2D eigenvalue weighted by Crippen LogP contribution is -2.33. The van der Waals surface area contributed by atoms with Gasteiger partial charge in [0.1, 0.15) is 0 Å². The molecule has 0 unspecified atom stereocenters. The Kier molecular flexibility index (Phi) is 3.62. The number of fused-ring (bicyclic) bond motifs is 1. The summed E-state index contributed by atoms with van der Waals surface area (Å²) < 4.78 is 2.01. The summed E-state index contributed by atoms with van der Waals surface area (Å²) in [6.45, 7) is 3.86. The van der Waals surface area contributed by atoms with Crippen LogP contribution in [-0.2, 0) is 11.8 Å². The highest BCUT2D eigenvalue weighted by Gasteiger charge is 2.14. The lowest BCUT2D eigenvalue weighted by Gasteiger charge is -2.17. The van der Waals surface area contributed by atoms with E-state index >= 15 is 0 Å². The Morgan fingerprint density at radius 3 is 2.74 bits per heavy atom. The summed E-state index contributed by atoms with van der Waals surface area (Å²) in [6.07, 6.45) is 3.05. The summed E-state index contributed by atoms with van der Waals surface area (Å²) in [4.78, 5) is 11.9.